The largest absolute Gasteiger partial charge is 0.476 e. The maximum atomic E-state index is 13.6. The normalized spacial score (nSPS) is 20.2. The van der Waals surface area contributed by atoms with E-state index in [9.17, 15) is 23.3 Å². The molecule has 3 N–H and O–H groups in total. The van der Waals surface area contributed by atoms with Crippen molar-refractivity contribution in [2.45, 2.75) is 36.3 Å². The lowest BCUT2D eigenvalue weighted by atomic mass is 10.0. The summed E-state index contributed by atoms with van der Waals surface area (Å²) in [6, 6.07) is 14.3. The second-order valence-corrected chi connectivity index (χ2v) is 13.9. The molecule has 0 aliphatic carbocycles. The molecule has 0 radical (unpaired) electrons. The first kappa shape index (κ1) is 32.8. The van der Waals surface area contributed by atoms with Crippen molar-refractivity contribution >= 4 is 49.7 Å². The summed E-state index contributed by atoms with van der Waals surface area (Å²) in [5.41, 5.74) is 1.60. The Balaban J connectivity index is 1.06. The standard InChI is InChI=1S/C33H37N7O8S/c41-32(26-4-1-2-5-28(26)39-12-3-15-47-33-30(39)18-22-10-11-34-31(22)36-33)37-49(44,45)25-8-9-27(29(19-25)40(42)43)35-20-24-7-6-23(21-48-24)38-13-16-46-17-14-38/h1-2,4-5,8-11,18-19,23-24,35H,3,6-7,12-17,20-21H2,(H,34,36)(H,37,41)/t23-,24+/m0/s1. The summed E-state index contributed by atoms with van der Waals surface area (Å²) in [6.45, 7) is 4.99. The molecule has 0 spiro atoms. The molecule has 2 saturated heterocycles. The Bertz CT molecular complexity index is 1960. The van der Waals surface area contributed by atoms with Crippen LogP contribution in [0.1, 0.15) is 29.6 Å². The van der Waals surface area contributed by atoms with Crippen molar-refractivity contribution in [1.82, 2.24) is 19.6 Å². The van der Waals surface area contributed by atoms with Crippen LogP contribution in [-0.2, 0) is 19.5 Å². The molecular formula is C33H37N7O8S. The Hall–Kier alpha value is -4.77. The molecule has 2 aromatic carbocycles. The van der Waals surface area contributed by atoms with E-state index >= 15 is 0 Å². The van der Waals surface area contributed by atoms with Gasteiger partial charge in [0.15, 0.2) is 0 Å². The molecule has 0 unspecified atom stereocenters. The highest BCUT2D eigenvalue weighted by atomic mass is 32.2. The Kier molecular flexibility index (Phi) is 9.35. The summed E-state index contributed by atoms with van der Waals surface area (Å²) in [5.74, 6) is -0.490. The molecule has 7 rings (SSSR count). The molecule has 15 nitrogen and oxygen atoms in total. The fraction of sp³-hybridized carbons (Fsp3) is 0.394. The maximum absolute atomic E-state index is 13.6. The van der Waals surface area contributed by atoms with Crippen LogP contribution in [0.15, 0.2) is 65.7 Å². The number of morpholine rings is 1. The van der Waals surface area contributed by atoms with Crippen LogP contribution < -0.4 is 19.7 Å². The number of pyridine rings is 1. The lowest BCUT2D eigenvalue weighted by Crippen LogP contribution is -2.49. The van der Waals surface area contributed by atoms with Gasteiger partial charge in [0.1, 0.15) is 17.0 Å². The Morgan fingerprint density at radius 1 is 1.04 bits per heavy atom. The van der Waals surface area contributed by atoms with Gasteiger partial charge >= 0.3 is 0 Å². The molecule has 2 aromatic heterocycles. The molecule has 0 bridgehead atoms. The van der Waals surface area contributed by atoms with Gasteiger partial charge in [0, 0.05) is 49.9 Å². The third-order valence-corrected chi connectivity index (χ3v) is 10.4. The minimum absolute atomic E-state index is 0.101. The molecule has 3 aliphatic heterocycles. The zero-order valence-corrected chi connectivity index (χ0v) is 27.5. The van der Waals surface area contributed by atoms with Gasteiger partial charge in [-0.15, -0.1) is 0 Å². The van der Waals surface area contributed by atoms with Crippen LogP contribution in [0.5, 0.6) is 5.88 Å². The number of H-pyrrole nitrogens is 1. The molecular weight excluding hydrogens is 654 g/mol. The topological polar surface area (TPSA) is 181 Å². The van der Waals surface area contributed by atoms with Crippen molar-refractivity contribution < 1.29 is 32.3 Å². The van der Waals surface area contributed by atoms with E-state index in [1.165, 1.54) is 18.2 Å². The van der Waals surface area contributed by atoms with Crippen LogP contribution in [0.4, 0.5) is 22.7 Å². The maximum Gasteiger partial charge on any atom is 0.293 e. The summed E-state index contributed by atoms with van der Waals surface area (Å²) >= 11 is 0. The van der Waals surface area contributed by atoms with Crippen molar-refractivity contribution in [1.29, 1.82) is 0 Å². The van der Waals surface area contributed by atoms with Gasteiger partial charge in [0.2, 0.25) is 5.88 Å². The minimum atomic E-state index is -4.50. The number of rotatable bonds is 9. The number of hydrogen-bond donors (Lipinski definition) is 3. The Morgan fingerprint density at radius 3 is 2.67 bits per heavy atom. The number of hydrogen-bond acceptors (Lipinski definition) is 12. The van der Waals surface area contributed by atoms with Crippen LogP contribution >= 0.6 is 0 Å². The SMILES string of the molecule is O=C(NS(=O)(=O)c1ccc(NC[C@H]2CC[C@H](N3CCOCC3)CO2)c([N+](=O)[O-])c1)c1ccccc1N1CCCOc2nc3[nH]ccc3cc21. The van der Waals surface area contributed by atoms with E-state index in [0.717, 1.165) is 37.4 Å². The molecule has 4 aromatic rings. The first-order valence-electron chi connectivity index (χ1n) is 16.3. The molecule has 0 saturated carbocycles. The number of anilines is 3. The van der Waals surface area contributed by atoms with Gasteiger partial charge < -0.3 is 29.4 Å². The van der Waals surface area contributed by atoms with Gasteiger partial charge in [-0.05, 0) is 55.7 Å². The zero-order valence-electron chi connectivity index (χ0n) is 26.7. The molecule has 1 amide bonds. The number of carbonyl (C=O) groups excluding carboxylic acids is 1. The number of para-hydroxylation sites is 1. The van der Waals surface area contributed by atoms with E-state index in [1.807, 2.05) is 17.0 Å². The van der Waals surface area contributed by atoms with E-state index in [-0.39, 0.29) is 17.4 Å². The number of nitro groups is 1. The van der Waals surface area contributed by atoms with E-state index in [2.05, 4.69) is 24.9 Å². The van der Waals surface area contributed by atoms with Crippen LogP contribution in [0.2, 0.25) is 0 Å². The molecule has 5 heterocycles. The highest BCUT2D eigenvalue weighted by Gasteiger charge is 2.30. The summed E-state index contributed by atoms with van der Waals surface area (Å²) in [6.07, 6.45) is 3.98. The fourth-order valence-electron chi connectivity index (χ4n) is 6.54. The first-order chi connectivity index (χ1) is 23.8. The van der Waals surface area contributed by atoms with Gasteiger partial charge in [-0.3, -0.25) is 19.8 Å². The first-order valence-corrected chi connectivity index (χ1v) is 17.8. The van der Waals surface area contributed by atoms with Gasteiger partial charge in [0.25, 0.3) is 21.6 Å². The number of fused-ring (bicyclic) bond motifs is 2. The molecule has 49 heavy (non-hydrogen) atoms. The van der Waals surface area contributed by atoms with Gasteiger partial charge in [-0.25, -0.2) is 13.1 Å². The quantitative estimate of drug-likeness (QED) is 0.171. The smallest absolute Gasteiger partial charge is 0.293 e. The lowest BCUT2D eigenvalue weighted by molar-refractivity contribution is -0.384. The monoisotopic (exact) mass is 691 g/mol. The predicted molar refractivity (Wildman–Crippen MR) is 181 cm³/mol. The summed E-state index contributed by atoms with van der Waals surface area (Å²) < 4.78 is 46.4. The van der Waals surface area contributed by atoms with E-state index < -0.39 is 31.4 Å². The van der Waals surface area contributed by atoms with Gasteiger partial charge in [-0.2, -0.15) is 4.98 Å². The average molecular weight is 692 g/mol. The van der Waals surface area contributed by atoms with Crippen LogP contribution in [-0.4, -0.2) is 98.9 Å². The third kappa shape index (κ3) is 7.03. The fourth-order valence-corrected chi connectivity index (χ4v) is 7.53. The Morgan fingerprint density at radius 2 is 1.88 bits per heavy atom. The van der Waals surface area contributed by atoms with Crippen molar-refractivity contribution in [3.8, 4) is 5.88 Å². The molecule has 2 fully saturated rings. The minimum Gasteiger partial charge on any atom is -0.476 e. The molecule has 16 heteroatoms. The van der Waals surface area contributed by atoms with Crippen LogP contribution in [0.3, 0.4) is 0 Å². The second kappa shape index (κ2) is 14.0. The van der Waals surface area contributed by atoms with E-state index in [0.29, 0.717) is 74.9 Å². The second-order valence-electron chi connectivity index (χ2n) is 12.2. The number of aromatic amines is 1. The number of benzene rings is 2. The third-order valence-electron chi connectivity index (χ3n) is 9.11. The van der Waals surface area contributed by atoms with Crippen LogP contribution in [0, 0.1) is 10.1 Å². The lowest BCUT2D eigenvalue weighted by Gasteiger charge is -2.38. The van der Waals surface area contributed by atoms with Crippen molar-refractivity contribution in [2.24, 2.45) is 0 Å². The molecule has 3 aliphatic rings. The van der Waals surface area contributed by atoms with E-state index in [1.54, 1.807) is 24.4 Å². The predicted octanol–water partition coefficient (Wildman–Crippen LogP) is 3.80. The average Bonchev–Trinajstić information content (AvgIpc) is 3.48. The van der Waals surface area contributed by atoms with E-state index in [4.69, 9.17) is 14.2 Å². The van der Waals surface area contributed by atoms with Crippen LogP contribution in [0.25, 0.3) is 11.0 Å². The number of nitrogens with one attached hydrogen (secondary N) is 3. The van der Waals surface area contributed by atoms with Crippen molar-refractivity contribution in [3.63, 3.8) is 0 Å². The summed E-state index contributed by atoms with van der Waals surface area (Å²) in [7, 11) is -4.50. The van der Waals surface area contributed by atoms with Crippen molar-refractivity contribution in [3.05, 3.63) is 76.5 Å². The van der Waals surface area contributed by atoms with Gasteiger partial charge in [-0.1, -0.05) is 12.1 Å². The zero-order chi connectivity index (χ0) is 34.0. The number of sulfonamides is 1. The van der Waals surface area contributed by atoms with Gasteiger partial charge in [0.05, 0.1) is 53.6 Å². The number of amides is 1. The number of ether oxygens (including phenoxy) is 3. The number of aromatic nitrogens is 2. The highest BCUT2D eigenvalue weighted by molar-refractivity contribution is 7.90. The molecule has 2 atom stereocenters. The number of carbonyl (C=O) groups is 1. The summed E-state index contributed by atoms with van der Waals surface area (Å²) in [5, 5.41) is 16.0. The van der Waals surface area contributed by atoms with Crippen molar-refractivity contribution in [2.75, 3.05) is 62.8 Å². The number of nitro benzene ring substituents is 1. The highest BCUT2D eigenvalue weighted by Crippen LogP contribution is 2.38. The Labute approximate surface area is 282 Å². The number of nitrogens with zero attached hydrogens (tertiary/aromatic N) is 4. The molecule has 258 valence electrons. The summed E-state index contributed by atoms with van der Waals surface area (Å²) in [4.78, 5) is 36.5.